The molecule has 0 saturated heterocycles. The molecule has 114 valence electrons. The molecule has 0 aromatic heterocycles. The summed E-state index contributed by atoms with van der Waals surface area (Å²) < 4.78 is 0. The van der Waals surface area contributed by atoms with E-state index in [0.29, 0.717) is 5.02 Å². The fraction of sp³-hybridized carbons (Fsp3) is 0.467. The first-order chi connectivity index (χ1) is 9.89. The number of carbonyl (C=O) groups excluding carboxylic acids is 1. The van der Waals surface area contributed by atoms with Crippen molar-refractivity contribution in [3.05, 3.63) is 28.8 Å². The maximum absolute atomic E-state index is 12.1. The zero-order chi connectivity index (χ0) is 15.5. The van der Waals surface area contributed by atoms with Gasteiger partial charge in [0, 0.05) is 17.0 Å². The molecule has 0 spiro atoms. The monoisotopic (exact) mass is 310 g/mol. The van der Waals surface area contributed by atoms with Gasteiger partial charge in [0.15, 0.2) is 0 Å². The van der Waals surface area contributed by atoms with Gasteiger partial charge in [-0.05, 0) is 31.0 Å². The van der Waals surface area contributed by atoms with E-state index < -0.39 is 11.5 Å². The standard InChI is InChI=1S/C15H19ClN2O3/c16-10-4-5-12(11(8-10)14(20)21)18-13(19)9-15(17)6-2-1-3-7-15/h4-5,8H,1-3,6-7,9,17H2,(H,18,19)(H,20,21). The molecule has 4 N–H and O–H groups in total. The van der Waals surface area contributed by atoms with Crippen molar-refractivity contribution in [3.8, 4) is 0 Å². The highest BCUT2D eigenvalue weighted by atomic mass is 35.5. The summed E-state index contributed by atoms with van der Waals surface area (Å²) in [6.45, 7) is 0. The second-order valence-electron chi connectivity index (χ2n) is 5.64. The second-order valence-corrected chi connectivity index (χ2v) is 6.08. The smallest absolute Gasteiger partial charge is 0.337 e. The van der Waals surface area contributed by atoms with Crippen LogP contribution in [0.2, 0.25) is 5.02 Å². The first-order valence-corrected chi connectivity index (χ1v) is 7.39. The molecular formula is C15H19ClN2O3. The lowest BCUT2D eigenvalue weighted by Gasteiger charge is -2.32. The largest absolute Gasteiger partial charge is 0.478 e. The number of aromatic carboxylic acids is 1. The minimum Gasteiger partial charge on any atom is -0.478 e. The lowest BCUT2D eigenvalue weighted by molar-refractivity contribution is -0.117. The molecule has 5 nitrogen and oxygen atoms in total. The topological polar surface area (TPSA) is 92.4 Å². The summed E-state index contributed by atoms with van der Waals surface area (Å²) in [6.07, 6.45) is 5.07. The second kappa shape index (κ2) is 6.45. The van der Waals surface area contributed by atoms with E-state index in [-0.39, 0.29) is 23.6 Å². The van der Waals surface area contributed by atoms with Gasteiger partial charge in [-0.1, -0.05) is 30.9 Å². The van der Waals surface area contributed by atoms with E-state index in [4.69, 9.17) is 22.4 Å². The SMILES string of the molecule is NC1(CC(=O)Nc2ccc(Cl)cc2C(=O)O)CCCCC1. The molecule has 1 aromatic rings. The molecule has 1 aromatic carbocycles. The number of hydrogen-bond donors (Lipinski definition) is 3. The van der Waals surface area contributed by atoms with E-state index in [9.17, 15) is 9.59 Å². The van der Waals surface area contributed by atoms with Crippen LogP contribution in [0.1, 0.15) is 48.9 Å². The number of nitrogens with one attached hydrogen (secondary N) is 1. The van der Waals surface area contributed by atoms with Crippen LogP contribution < -0.4 is 11.1 Å². The average Bonchev–Trinajstić information content (AvgIpc) is 2.40. The zero-order valence-electron chi connectivity index (χ0n) is 11.7. The normalized spacial score (nSPS) is 17.2. The average molecular weight is 311 g/mol. The molecule has 1 amide bonds. The summed E-state index contributed by atoms with van der Waals surface area (Å²) in [5.41, 5.74) is 5.99. The number of amides is 1. The molecule has 0 atom stereocenters. The molecular weight excluding hydrogens is 292 g/mol. The van der Waals surface area contributed by atoms with Crippen LogP contribution in [-0.2, 0) is 4.79 Å². The highest BCUT2D eigenvalue weighted by Gasteiger charge is 2.30. The Morgan fingerprint density at radius 3 is 2.57 bits per heavy atom. The van der Waals surface area contributed by atoms with Crippen molar-refractivity contribution >= 4 is 29.2 Å². The molecule has 1 aliphatic carbocycles. The van der Waals surface area contributed by atoms with Gasteiger partial charge < -0.3 is 16.2 Å². The third kappa shape index (κ3) is 4.19. The van der Waals surface area contributed by atoms with E-state index >= 15 is 0 Å². The third-order valence-electron chi connectivity index (χ3n) is 3.85. The van der Waals surface area contributed by atoms with Crippen molar-refractivity contribution in [2.24, 2.45) is 5.73 Å². The van der Waals surface area contributed by atoms with Crippen LogP contribution in [0.25, 0.3) is 0 Å². The molecule has 0 unspecified atom stereocenters. The number of benzene rings is 1. The predicted molar refractivity (Wildman–Crippen MR) is 81.7 cm³/mol. The number of carboxylic acid groups (broad SMARTS) is 1. The number of halogens is 1. The van der Waals surface area contributed by atoms with Crippen LogP contribution in [0.15, 0.2) is 18.2 Å². The molecule has 0 aliphatic heterocycles. The first kappa shape index (κ1) is 15.8. The number of nitrogens with two attached hydrogens (primary N) is 1. The van der Waals surface area contributed by atoms with Crippen molar-refractivity contribution < 1.29 is 14.7 Å². The maximum atomic E-state index is 12.1. The summed E-state index contributed by atoms with van der Waals surface area (Å²) in [7, 11) is 0. The van der Waals surface area contributed by atoms with Gasteiger partial charge in [-0.15, -0.1) is 0 Å². The number of carboxylic acids is 1. The van der Waals surface area contributed by atoms with E-state index in [1.807, 2.05) is 0 Å². The number of anilines is 1. The zero-order valence-corrected chi connectivity index (χ0v) is 12.4. The molecule has 1 aliphatic rings. The Morgan fingerprint density at radius 1 is 1.29 bits per heavy atom. The van der Waals surface area contributed by atoms with Gasteiger partial charge in [0.1, 0.15) is 0 Å². The molecule has 0 radical (unpaired) electrons. The van der Waals surface area contributed by atoms with Gasteiger partial charge in [-0.2, -0.15) is 0 Å². The minimum absolute atomic E-state index is 0.0226. The Kier molecular flexibility index (Phi) is 4.85. The van der Waals surface area contributed by atoms with Crippen LogP contribution in [0.4, 0.5) is 5.69 Å². The van der Waals surface area contributed by atoms with Crippen LogP contribution in [0, 0.1) is 0 Å². The molecule has 6 heteroatoms. The first-order valence-electron chi connectivity index (χ1n) is 7.01. The van der Waals surface area contributed by atoms with Gasteiger partial charge in [0.25, 0.3) is 0 Å². The van der Waals surface area contributed by atoms with Crippen LogP contribution in [-0.4, -0.2) is 22.5 Å². The van der Waals surface area contributed by atoms with Crippen molar-refractivity contribution in [3.63, 3.8) is 0 Å². The maximum Gasteiger partial charge on any atom is 0.337 e. The number of rotatable bonds is 4. The minimum atomic E-state index is -1.13. The van der Waals surface area contributed by atoms with E-state index in [1.165, 1.54) is 12.1 Å². The van der Waals surface area contributed by atoms with E-state index in [1.54, 1.807) is 6.07 Å². The van der Waals surface area contributed by atoms with Gasteiger partial charge in [-0.25, -0.2) is 4.79 Å². The summed E-state index contributed by atoms with van der Waals surface area (Å²) in [6, 6.07) is 4.36. The van der Waals surface area contributed by atoms with Gasteiger partial charge >= 0.3 is 5.97 Å². The fourth-order valence-electron chi connectivity index (χ4n) is 2.75. The van der Waals surface area contributed by atoms with Crippen molar-refractivity contribution in [2.45, 2.75) is 44.1 Å². The van der Waals surface area contributed by atoms with Crippen LogP contribution in [0.3, 0.4) is 0 Å². The number of hydrogen-bond acceptors (Lipinski definition) is 3. The summed E-state index contributed by atoms with van der Waals surface area (Å²) >= 11 is 5.78. The summed E-state index contributed by atoms with van der Waals surface area (Å²) in [5, 5.41) is 12.1. The van der Waals surface area contributed by atoms with Crippen LogP contribution >= 0.6 is 11.6 Å². The van der Waals surface area contributed by atoms with Gasteiger partial charge in [0.05, 0.1) is 11.3 Å². The lowest BCUT2D eigenvalue weighted by Crippen LogP contribution is -2.44. The van der Waals surface area contributed by atoms with E-state index in [0.717, 1.165) is 32.1 Å². The molecule has 1 fully saturated rings. The van der Waals surface area contributed by atoms with Gasteiger partial charge in [-0.3, -0.25) is 4.79 Å². The fourth-order valence-corrected chi connectivity index (χ4v) is 2.92. The molecule has 1 saturated carbocycles. The Labute approximate surface area is 128 Å². The lowest BCUT2D eigenvalue weighted by atomic mass is 9.80. The molecule has 0 heterocycles. The summed E-state index contributed by atoms with van der Waals surface area (Å²) in [5.74, 6) is -1.39. The van der Waals surface area contributed by atoms with Crippen LogP contribution in [0.5, 0.6) is 0 Å². The Hall–Kier alpha value is -1.59. The third-order valence-corrected chi connectivity index (χ3v) is 4.08. The molecule has 0 bridgehead atoms. The summed E-state index contributed by atoms with van der Waals surface area (Å²) in [4.78, 5) is 23.3. The van der Waals surface area contributed by atoms with Crippen molar-refractivity contribution in [2.75, 3.05) is 5.32 Å². The van der Waals surface area contributed by atoms with Gasteiger partial charge in [0.2, 0.25) is 5.91 Å². The Bertz CT molecular complexity index is 554. The van der Waals surface area contributed by atoms with E-state index in [2.05, 4.69) is 5.32 Å². The molecule has 21 heavy (non-hydrogen) atoms. The Morgan fingerprint density at radius 2 is 1.95 bits per heavy atom. The highest BCUT2D eigenvalue weighted by molar-refractivity contribution is 6.31. The Balaban J connectivity index is 2.07. The highest BCUT2D eigenvalue weighted by Crippen LogP contribution is 2.29. The van der Waals surface area contributed by atoms with Crippen molar-refractivity contribution in [1.29, 1.82) is 0 Å². The van der Waals surface area contributed by atoms with Crippen molar-refractivity contribution in [1.82, 2.24) is 0 Å². The predicted octanol–water partition coefficient (Wildman–Crippen LogP) is 3.03. The quantitative estimate of drug-likeness (QED) is 0.797. The number of carbonyl (C=O) groups is 2. The molecule has 2 rings (SSSR count).